The zero-order valence-electron chi connectivity index (χ0n) is 8.62. The number of nitrogen functional groups attached to an aromatic ring is 1. The summed E-state index contributed by atoms with van der Waals surface area (Å²) >= 11 is 0. The van der Waals surface area contributed by atoms with Gasteiger partial charge in [0, 0.05) is 35.8 Å². The molecule has 2 rings (SSSR count). The number of anilines is 1. The Labute approximate surface area is 88.3 Å². The van der Waals surface area contributed by atoms with Crippen LogP contribution in [0.2, 0.25) is 0 Å². The molecule has 0 saturated heterocycles. The number of pyridine rings is 1. The van der Waals surface area contributed by atoms with E-state index in [1.807, 2.05) is 19.1 Å². The first kappa shape index (κ1) is 9.73. The van der Waals surface area contributed by atoms with Crippen molar-refractivity contribution < 1.29 is 0 Å². The summed E-state index contributed by atoms with van der Waals surface area (Å²) in [5.74, 6) is 0. The molecule has 2 heterocycles. The second kappa shape index (κ2) is 3.74. The van der Waals surface area contributed by atoms with Gasteiger partial charge in [0.15, 0.2) is 0 Å². The lowest BCUT2D eigenvalue weighted by atomic mass is 10.1. The van der Waals surface area contributed by atoms with Gasteiger partial charge in [-0.25, -0.2) is 0 Å². The zero-order chi connectivity index (χ0) is 10.8. The number of rotatable bonds is 2. The maximum absolute atomic E-state index is 6.02. The van der Waals surface area contributed by atoms with Crippen molar-refractivity contribution in [3.8, 4) is 11.3 Å². The zero-order valence-corrected chi connectivity index (χ0v) is 8.62. The van der Waals surface area contributed by atoms with Gasteiger partial charge < -0.3 is 16.5 Å². The summed E-state index contributed by atoms with van der Waals surface area (Å²) in [5.41, 5.74) is 16.4. The summed E-state index contributed by atoms with van der Waals surface area (Å²) in [6.07, 6.45) is 3.49. The number of aromatic nitrogens is 2. The molecule has 0 unspecified atom stereocenters. The van der Waals surface area contributed by atoms with Gasteiger partial charge in [-0.15, -0.1) is 0 Å². The van der Waals surface area contributed by atoms with E-state index in [1.54, 1.807) is 12.4 Å². The van der Waals surface area contributed by atoms with Crippen LogP contribution in [-0.4, -0.2) is 9.97 Å². The third-order valence-electron chi connectivity index (χ3n) is 2.53. The van der Waals surface area contributed by atoms with E-state index < -0.39 is 0 Å². The number of H-pyrrole nitrogens is 1. The van der Waals surface area contributed by atoms with Crippen molar-refractivity contribution >= 4 is 5.69 Å². The molecular weight excluding hydrogens is 188 g/mol. The quantitative estimate of drug-likeness (QED) is 0.689. The number of aromatic amines is 1. The lowest BCUT2D eigenvalue weighted by molar-refractivity contribution is 1.05. The normalized spacial score (nSPS) is 10.5. The molecule has 0 amide bonds. The summed E-state index contributed by atoms with van der Waals surface area (Å²) in [6.45, 7) is 2.43. The highest BCUT2D eigenvalue weighted by Gasteiger charge is 2.11. The molecule has 2 aromatic heterocycles. The maximum atomic E-state index is 6.02. The maximum Gasteiger partial charge on any atom is 0.0694 e. The molecule has 4 nitrogen and oxygen atoms in total. The predicted molar refractivity (Wildman–Crippen MR) is 61.1 cm³/mol. The summed E-state index contributed by atoms with van der Waals surface area (Å²) < 4.78 is 0. The summed E-state index contributed by atoms with van der Waals surface area (Å²) in [7, 11) is 0. The Morgan fingerprint density at radius 1 is 1.33 bits per heavy atom. The molecule has 78 valence electrons. The molecule has 0 radical (unpaired) electrons. The van der Waals surface area contributed by atoms with Crippen LogP contribution in [0.4, 0.5) is 5.69 Å². The SMILES string of the molecule is Cc1[nH]c(-c2ccncc2)c(N)c1CN. The largest absolute Gasteiger partial charge is 0.397 e. The van der Waals surface area contributed by atoms with Gasteiger partial charge in [-0.2, -0.15) is 0 Å². The van der Waals surface area contributed by atoms with Crippen LogP contribution in [-0.2, 0) is 6.54 Å². The van der Waals surface area contributed by atoms with Gasteiger partial charge in [0.05, 0.1) is 11.4 Å². The van der Waals surface area contributed by atoms with Crippen molar-refractivity contribution in [2.45, 2.75) is 13.5 Å². The molecule has 0 fully saturated rings. The molecule has 0 bridgehead atoms. The van der Waals surface area contributed by atoms with Gasteiger partial charge in [0.1, 0.15) is 0 Å². The average Bonchev–Trinajstić information content (AvgIpc) is 2.55. The first-order valence-electron chi connectivity index (χ1n) is 4.81. The van der Waals surface area contributed by atoms with Crippen LogP contribution in [0.3, 0.4) is 0 Å². The number of hydrogen-bond donors (Lipinski definition) is 3. The monoisotopic (exact) mass is 202 g/mol. The van der Waals surface area contributed by atoms with Gasteiger partial charge in [-0.1, -0.05) is 0 Å². The van der Waals surface area contributed by atoms with Crippen molar-refractivity contribution in [2.24, 2.45) is 5.73 Å². The minimum absolute atomic E-state index is 0.458. The van der Waals surface area contributed by atoms with Crippen LogP contribution < -0.4 is 11.5 Å². The minimum Gasteiger partial charge on any atom is -0.397 e. The second-order valence-corrected chi connectivity index (χ2v) is 3.46. The molecule has 0 spiro atoms. The number of nitrogens with zero attached hydrogens (tertiary/aromatic N) is 1. The Hall–Kier alpha value is -1.81. The number of nitrogens with two attached hydrogens (primary N) is 2. The van der Waals surface area contributed by atoms with Gasteiger partial charge >= 0.3 is 0 Å². The first-order valence-corrected chi connectivity index (χ1v) is 4.81. The van der Waals surface area contributed by atoms with Gasteiger partial charge in [0.25, 0.3) is 0 Å². The van der Waals surface area contributed by atoms with Crippen LogP contribution >= 0.6 is 0 Å². The molecule has 0 saturated carbocycles. The fourth-order valence-corrected chi connectivity index (χ4v) is 1.69. The fraction of sp³-hybridized carbons (Fsp3) is 0.182. The molecule has 0 aliphatic carbocycles. The minimum atomic E-state index is 0.458. The molecule has 5 N–H and O–H groups in total. The third kappa shape index (κ3) is 1.59. The first-order chi connectivity index (χ1) is 7.24. The molecular formula is C11H14N4. The molecule has 0 aromatic carbocycles. The highest BCUT2D eigenvalue weighted by atomic mass is 14.8. The Bertz CT molecular complexity index is 459. The predicted octanol–water partition coefficient (Wildman–Crippen LogP) is 1.43. The highest BCUT2D eigenvalue weighted by molar-refractivity contribution is 5.76. The molecule has 15 heavy (non-hydrogen) atoms. The summed E-state index contributed by atoms with van der Waals surface area (Å²) in [5, 5.41) is 0. The van der Waals surface area contributed by atoms with Gasteiger partial charge in [-0.3, -0.25) is 4.98 Å². The fourth-order valence-electron chi connectivity index (χ4n) is 1.69. The van der Waals surface area contributed by atoms with Crippen LogP contribution in [0.1, 0.15) is 11.3 Å². The van der Waals surface area contributed by atoms with E-state index in [4.69, 9.17) is 11.5 Å². The Kier molecular flexibility index (Phi) is 2.43. The van der Waals surface area contributed by atoms with Crippen LogP contribution in [0, 0.1) is 6.92 Å². The van der Waals surface area contributed by atoms with Crippen molar-refractivity contribution in [1.29, 1.82) is 0 Å². The van der Waals surface area contributed by atoms with Crippen LogP contribution in [0.5, 0.6) is 0 Å². The van der Waals surface area contributed by atoms with E-state index in [1.165, 1.54) is 0 Å². The number of hydrogen-bond acceptors (Lipinski definition) is 3. The Balaban J connectivity index is 2.55. The number of nitrogens with one attached hydrogen (secondary N) is 1. The third-order valence-corrected chi connectivity index (χ3v) is 2.53. The average molecular weight is 202 g/mol. The smallest absolute Gasteiger partial charge is 0.0694 e. The van der Waals surface area contributed by atoms with E-state index in [0.717, 1.165) is 28.2 Å². The Morgan fingerprint density at radius 3 is 2.53 bits per heavy atom. The van der Waals surface area contributed by atoms with Crippen molar-refractivity contribution in [2.75, 3.05) is 5.73 Å². The van der Waals surface area contributed by atoms with Crippen LogP contribution in [0.15, 0.2) is 24.5 Å². The van der Waals surface area contributed by atoms with Crippen molar-refractivity contribution in [3.05, 3.63) is 35.8 Å². The molecule has 2 aromatic rings. The molecule has 0 aliphatic rings. The highest BCUT2D eigenvalue weighted by Crippen LogP contribution is 2.29. The Morgan fingerprint density at radius 2 is 2.00 bits per heavy atom. The van der Waals surface area contributed by atoms with Crippen molar-refractivity contribution in [3.63, 3.8) is 0 Å². The molecule has 4 heteroatoms. The van der Waals surface area contributed by atoms with E-state index >= 15 is 0 Å². The lowest BCUT2D eigenvalue weighted by Crippen LogP contribution is -2.00. The standard InChI is InChI=1S/C11H14N4/c1-7-9(6-12)10(13)11(15-7)8-2-4-14-5-3-8/h2-5,15H,6,12-13H2,1H3. The topological polar surface area (TPSA) is 80.7 Å². The van der Waals surface area contributed by atoms with E-state index in [0.29, 0.717) is 6.54 Å². The van der Waals surface area contributed by atoms with Crippen molar-refractivity contribution in [1.82, 2.24) is 9.97 Å². The molecule has 0 atom stereocenters. The second-order valence-electron chi connectivity index (χ2n) is 3.46. The van der Waals surface area contributed by atoms with E-state index in [9.17, 15) is 0 Å². The number of aryl methyl sites for hydroxylation is 1. The van der Waals surface area contributed by atoms with Gasteiger partial charge in [0.2, 0.25) is 0 Å². The van der Waals surface area contributed by atoms with Crippen LogP contribution in [0.25, 0.3) is 11.3 Å². The lowest BCUT2D eigenvalue weighted by Gasteiger charge is -2.00. The summed E-state index contributed by atoms with van der Waals surface area (Å²) in [4.78, 5) is 7.22. The molecule has 0 aliphatic heterocycles. The van der Waals surface area contributed by atoms with E-state index in [-0.39, 0.29) is 0 Å². The van der Waals surface area contributed by atoms with E-state index in [2.05, 4.69) is 9.97 Å². The van der Waals surface area contributed by atoms with Gasteiger partial charge in [-0.05, 0) is 19.1 Å². The summed E-state index contributed by atoms with van der Waals surface area (Å²) in [6, 6.07) is 3.84.